The lowest BCUT2D eigenvalue weighted by atomic mass is 9.87. The molecule has 0 spiro atoms. The monoisotopic (exact) mass is 435 g/mol. The quantitative estimate of drug-likeness (QED) is 0.626. The number of carbonyl (C=O) groups excluding carboxylic acids is 3. The Labute approximate surface area is 177 Å². The largest absolute Gasteiger partial charge is 0.337 e. The van der Waals surface area contributed by atoms with E-state index < -0.39 is 39.3 Å². The Morgan fingerprint density at radius 3 is 2.50 bits per heavy atom. The van der Waals surface area contributed by atoms with Gasteiger partial charge in [0.1, 0.15) is 12.1 Å². The maximum absolute atomic E-state index is 13.2. The van der Waals surface area contributed by atoms with E-state index in [1.54, 1.807) is 29.2 Å². The Hall–Kier alpha value is -2.42. The number of carbonyl (C=O) groups is 3. The van der Waals surface area contributed by atoms with Crippen LogP contribution in [0.1, 0.15) is 45.1 Å². The minimum Gasteiger partial charge on any atom is -0.337 e. The number of amides is 4. The van der Waals surface area contributed by atoms with E-state index in [4.69, 9.17) is 0 Å². The average molecular weight is 436 g/mol. The average Bonchev–Trinajstić information content (AvgIpc) is 3.20. The fourth-order valence-corrected chi connectivity index (χ4v) is 5.95. The highest BCUT2D eigenvalue weighted by molar-refractivity contribution is 7.91. The highest BCUT2D eigenvalue weighted by Gasteiger charge is 2.52. The highest BCUT2D eigenvalue weighted by atomic mass is 32.2. The van der Waals surface area contributed by atoms with Crippen molar-refractivity contribution in [1.82, 2.24) is 15.1 Å². The maximum atomic E-state index is 13.2. The number of imide groups is 1. The number of rotatable bonds is 8. The van der Waals surface area contributed by atoms with Gasteiger partial charge in [0.25, 0.3) is 5.91 Å². The highest BCUT2D eigenvalue weighted by Crippen LogP contribution is 2.32. The van der Waals surface area contributed by atoms with Gasteiger partial charge in [-0.1, -0.05) is 50.6 Å². The van der Waals surface area contributed by atoms with Crippen LogP contribution in [0.4, 0.5) is 4.79 Å². The molecule has 164 valence electrons. The molecule has 0 bridgehead atoms. The number of hydrogen-bond donors (Lipinski definition) is 1. The molecule has 1 aromatic rings. The van der Waals surface area contributed by atoms with Gasteiger partial charge in [-0.15, -0.1) is 0 Å². The van der Waals surface area contributed by atoms with Crippen molar-refractivity contribution in [2.24, 2.45) is 0 Å². The normalized spacial score (nSPS) is 25.4. The molecule has 1 aromatic carbocycles. The van der Waals surface area contributed by atoms with Crippen LogP contribution in [0.3, 0.4) is 0 Å². The summed E-state index contributed by atoms with van der Waals surface area (Å²) in [7, 11) is -3.16. The lowest BCUT2D eigenvalue weighted by molar-refractivity contribution is -0.140. The predicted octanol–water partition coefficient (Wildman–Crippen LogP) is 1.66. The molecule has 0 saturated carbocycles. The van der Waals surface area contributed by atoms with Crippen molar-refractivity contribution in [3.63, 3.8) is 0 Å². The van der Waals surface area contributed by atoms with Crippen molar-refractivity contribution in [2.45, 2.75) is 51.1 Å². The third-order valence-corrected chi connectivity index (χ3v) is 7.74. The predicted molar refractivity (Wildman–Crippen MR) is 112 cm³/mol. The molecule has 0 radical (unpaired) electrons. The van der Waals surface area contributed by atoms with Crippen LogP contribution < -0.4 is 5.32 Å². The van der Waals surface area contributed by atoms with E-state index in [0.29, 0.717) is 24.9 Å². The van der Waals surface area contributed by atoms with Crippen LogP contribution in [0.25, 0.3) is 0 Å². The van der Waals surface area contributed by atoms with Crippen LogP contribution in [-0.2, 0) is 25.0 Å². The molecule has 1 N–H and O–H groups in total. The van der Waals surface area contributed by atoms with Crippen molar-refractivity contribution in [2.75, 3.05) is 24.6 Å². The van der Waals surface area contributed by atoms with Gasteiger partial charge in [-0.05, 0) is 24.8 Å². The summed E-state index contributed by atoms with van der Waals surface area (Å²) >= 11 is 0. The first-order valence-corrected chi connectivity index (χ1v) is 12.3. The summed E-state index contributed by atoms with van der Waals surface area (Å²) in [5.74, 6) is -0.854. The molecule has 0 aromatic heterocycles. The summed E-state index contributed by atoms with van der Waals surface area (Å²) in [6.07, 6.45) is 2.32. The van der Waals surface area contributed by atoms with Crippen LogP contribution in [0.15, 0.2) is 30.3 Å². The van der Waals surface area contributed by atoms with Gasteiger partial charge in [0.05, 0.1) is 11.5 Å². The van der Waals surface area contributed by atoms with E-state index in [-0.39, 0.29) is 18.1 Å². The third kappa shape index (κ3) is 4.21. The first kappa shape index (κ1) is 22.3. The number of nitrogens with zero attached hydrogens (tertiary/aromatic N) is 2. The Morgan fingerprint density at radius 2 is 1.93 bits per heavy atom. The SMILES string of the molecule is CCCCN(C(=O)CN1C(=O)N[C@@](CC)(c2ccccc2)C1=O)[C@H]1CCS(=O)(=O)C1. The molecule has 2 fully saturated rings. The molecule has 0 aliphatic carbocycles. The van der Waals surface area contributed by atoms with Gasteiger partial charge in [-0.3, -0.25) is 14.5 Å². The van der Waals surface area contributed by atoms with Gasteiger partial charge in [0.2, 0.25) is 5.91 Å². The molecular formula is C21H29N3O5S. The van der Waals surface area contributed by atoms with Crippen molar-refractivity contribution in [1.29, 1.82) is 0 Å². The van der Waals surface area contributed by atoms with E-state index in [1.807, 2.05) is 19.9 Å². The number of nitrogens with one attached hydrogen (secondary N) is 1. The molecule has 9 heteroatoms. The second kappa shape index (κ2) is 8.75. The molecule has 2 aliphatic rings. The lowest BCUT2D eigenvalue weighted by Crippen LogP contribution is -2.49. The van der Waals surface area contributed by atoms with Crippen molar-refractivity contribution >= 4 is 27.7 Å². The van der Waals surface area contributed by atoms with E-state index in [0.717, 1.165) is 17.7 Å². The molecular weight excluding hydrogens is 406 g/mol. The number of benzene rings is 1. The molecule has 8 nitrogen and oxygen atoms in total. The molecule has 2 aliphatic heterocycles. The van der Waals surface area contributed by atoms with Crippen molar-refractivity contribution < 1.29 is 22.8 Å². The molecule has 0 unspecified atom stereocenters. The molecule has 30 heavy (non-hydrogen) atoms. The first-order valence-electron chi connectivity index (χ1n) is 10.4. The Kier molecular flexibility index (Phi) is 6.50. The summed E-state index contributed by atoms with van der Waals surface area (Å²) < 4.78 is 23.8. The number of sulfone groups is 1. The van der Waals surface area contributed by atoms with Crippen molar-refractivity contribution in [3.8, 4) is 0 Å². The van der Waals surface area contributed by atoms with E-state index in [9.17, 15) is 22.8 Å². The van der Waals surface area contributed by atoms with Gasteiger partial charge in [0.15, 0.2) is 9.84 Å². The van der Waals surface area contributed by atoms with E-state index >= 15 is 0 Å². The van der Waals surface area contributed by atoms with Gasteiger partial charge < -0.3 is 10.2 Å². The second-order valence-corrected chi connectivity index (χ2v) is 10.2. The summed E-state index contributed by atoms with van der Waals surface area (Å²) in [4.78, 5) is 41.5. The molecule has 2 saturated heterocycles. The Balaban J connectivity index is 1.80. The van der Waals surface area contributed by atoms with Crippen LogP contribution in [0.5, 0.6) is 0 Å². The zero-order valence-electron chi connectivity index (χ0n) is 17.5. The number of hydrogen-bond acceptors (Lipinski definition) is 5. The third-order valence-electron chi connectivity index (χ3n) is 5.99. The van der Waals surface area contributed by atoms with Gasteiger partial charge in [0, 0.05) is 12.6 Å². The zero-order chi connectivity index (χ0) is 21.9. The Bertz CT molecular complexity index is 918. The summed E-state index contributed by atoms with van der Waals surface area (Å²) in [5, 5.41) is 2.77. The lowest BCUT2D eigenvalue weighted by Gasteiger charge is -2.30. The zero-order valence-corrected chi connectivity index (χ0v) is 18.3. The van der Waals surface area contributed by atoms with Gasteiger partial charge >= 0.3 is 6.03 Å². The smallest absolute Gasteiger partial charge is 0.325 e. The topological polar surface area (TPSA) is 104 Å². The minimum absolute atomic E-state index is 0.0592. The summed E-state index contributed by atoms with van der Waals surface area (Å²) in [6.45, 7) is 3.82. The molecule has 3 rings (SSSR count). The Morgan fingerprint density at radius 1 is 1.23 bits per heavy atom. The minimum atomic E-state index is -3.16. The second-order valence-electron chi connectivity index (χ2n) is 7.94. The van der Waals surface area contributed by atoms with Gasteiger partial charge in [-0.25, -0.2) is 13.2 Å². The van der Waals surface area contributed by atoms with E-state index in [2.05, 4.69) is 5.32 Å². The maximum Gasteiger partial charge on any atom is 0.325 e. The number of urea groups is 1. The van der Waals surface area contributed by atoms with Crippen LogP contribution in [-0.4, -0.2) is 66.7 Å². The summed E-state index contributed by atoms with van der Waals surface area (Å²) in [5.41, 5.74) is -0.519. The van der Waals surface area contributed by atoms with Gasteiger partial charge in [-0.2, -0.15) is 0 Å². The van der Waals surface area contributed by atoms with Crippen LogP contribution in [0, 0.1) is 0 Å². The fourth-order valence-electron chi connectivity index (χ4n) is 4.22. The first-order chi connectivity index (χ1) is 14.2. The van der Waals surface area contributed by atoms with Crippen LogP contribution >= 0.6 is 0 Å². The summed E-state index contributed by atoms with van der Waals surface area (Å²) in [6, 6.07) is 7.98. The molecule has 2 atom stereocenters. The van der Waals surface area contributed by atoms with E-state index in [1.165, 1.54) is 0 Å². The number of unbranched alkanes of at least 4 members (excludes halogenated alkanes) is 1. The fraction of sp³-hybridized carbons (Fsp3) is 0.571. The molecule has 2 heterocycles. The van der Waals surface area contributed by atoms with Crippen molar-refractivity contribution in [3.05, 3.63) is 35.9 Å². The van der Waals surface area contributed by atoms with Crippen LogP contribution in [0.2, 0.25) is 0 Å². The molecule has 4 amide bonds. The standard InChI is InChI=1S/C21H29N3O5S/c1-3-5-12-23(17-11-13-30(28,29)15-17)18(25)14-24-19(26)21(4-2,22-20(24)27)16-9-7-6-8-10-16/h6-10,17H,3-5,11-15H2,1-2H3,(H,22,27)/t17-,21-/m0/s1.